The predicted octanol–water partition coefficient (Wildman–Crippen LogP) is 2.97. The number of aromatic nitrogens is 3. The molecule has 0 aliphatic carbocycles. The molecule has 0 saturated heterocycles. The van der Waals surface area contributed by atoms with Crippen molar-refractivity contribution in [3.63, 3.8) is 0 Å². The second-order valence-corrected chi connectivity index (χ2v) is 9.30. The molecule has 0 radical (unpaired) electrons. The lowest BCUT2D eigenvalue weighted by atomic mass is 10.2. The fraction of sp³-hybridized carbons (Fsp3) is 0.200. The van der Waals surface area contributed by atoms with Crippen LogP contribution in [-0.2, 0) is 10.0 Å². The summed E-state index contributed by atoms with van der Waals surface area (Å²) in [7, 11) is -3.77. The standard InChI is InChI=1S/C15H15N5O3S3/c1-8-4-6-11(7-5-8)26(22,23)20-15-16-9(2)12(25-15)13(21)17-14-19-18-10(3)24-14/h4-7H,1-3H3,(H,16,20)(H,17,19,21). The maximum absolute atomic E-state index is 12.4. The molecule has 0 atom stereocenters. The van der Waals surface area contributed by atoms with Crippen LogP contribution in [0.25, 0.3) is 0 Å². The van der Waals surface area contributed by atoms with E-state index in [0.717, 1.165) is 21.9 Å². The zero-order chi connectivity index (χ0) is 18.9. The fourth-order valence-corrected chi connectivity index (χ4v) is 4.73. The first kappa shape index (κ1) is 18.4. The minimum Gasteiger partial charge on any atom is -0.296 e. The number of carbonyl (C=O) groups is 1. The highest BCUT2D eigenvalue weighted by atomic mass is 32.2. The molecule has 1 aromatic carbocycles. The molecular formula is C15H15N5O3S3. The average Bonchev–Trinajstić information content (AvgIpc) is 3.12. The highest BCUT2D eigenvalue weighted by Crippen LogP contribution is 2.26. The van der Waals surface area contributed by atoms with Gasteiger partial charge in [0.25, 0.3) is 15.9 Å². The lowest BCUT2D eigenvalue weighted by molar-refractivity contribution is 0.102. The Morgan fingerprint density at radius 3 is 2.31 bits per heavy atom. The van der Waals surface area contributed by atoms with Crippen LogP contribution in [0.15, 0.2) is 29.2 Å². The molecule has 0 fully saturated rings. The molecule has 2 N–H and O–H groups in total. The van der Waals surface area contributed by atoms with Gasteiger partial charge in [-0.2, -0.15) is 0 Å². The second-order valence-electron chi connectivity index (χ2n) is 5.43. The number of carbonyl (C=O) groups excluding carboxylic acids is 1. The van der Waals surface area contributed by atoms with Gasteiger partial charge in [-0.1, -0.05) is 40.4 Å². The van der Waals surface area contributed by atoms with E-state index in [1.807, 2.05) is 6.92 Å². The van der Waals surface area contributed by atoms with Crippen LogP contribution >= 0.6 is 22.7 Å². The number of nitrogens with zero attached hydrogens (tertiary/aromatic N) is 3. The molecule has 136 valence electrons. The number of hydrogen-bond donors (Lipinski definition) is 2. The number of benzene rings is 1. The normalized spacial score (nSPS) is 11.3. The van der Waals surface area contributed by atoms with E-state index in [-0.39, 0.29) is 10.0 Å². The van der Waals surface area contributed by atoms with E-state index in [0.29, 0.717) is 15.7 Å². The third-order valence-electron chi connectivity index (χ3n) is 3.30. The van der Waals surface area contributed by atoms with Crippen molar-refractivity contribution in [1.82, 2.24) is 15.2 Å². The number of amides is 1. The maximum Gasteiger partial charge on any atom is 0.269 e. The first-order valence-electron chi connectivity index (χ1n) is 7.43. The molecule has 0 saturated carbocycles. The Morgan fingerprint density at radius 1 is 1.00 bits per heavy atom. The van der Waals surface area contributed by atoms with Crippen molar-refractivity contribution >= 4 is 48.9 Å². The van der Waals surface area contributed by atoms with Crippen LogP contribution in [0.3, 0.4) is 0 Å². The first-order valence-corrected chi connectivity index (χ1v) is 10.5. The molecule has 0 aliphatic heterocycles. The Hall–Kier alpha value is -2.37. The van der Waals surface area contributed by atoms with Crippen LogP contribution in [0.5, 0.6) is 0 Å². The Bertz CT molecular complexity index is 1050. The quantitative estimate of drug-likeness (QED) is 0.670. The van der Waals surface area contributed by atoms with Crippen molar-refractivity contribution in [2.75, 3.05) is 10.0 Å². The summed E-state index contributed by atoms with van der Waals surface area (Å²) >= 11 is 2.21. The lowest BCUT2D eigenvalue weighted by Gasteiger charge is -2.05. The van der Waals surface area contributed by atoms with Crippen LogP contribution < -0.4 is 10.0 Å². The Kier molecular flexibility index (Phi) is 5.03. The molecular weight excluding hydrogens is 394 g/mol. The van der Waals surface area contributed by atoms with Gasteiger partial charge in [-0.05, 0) is 32.9 Å². The third-order valence-corrected chi connectivity index (χ3v) is 6.61. The zero-order valence-corrected chi connectivity index (χ0v) is 16.6. The van der Waals surface area contributed by atoms with Gasteiger partial charge in [0, 0.05) is 0 Å². The summed E-state index contributed by atoms with van der Waals surface area (Å²) in [5.74, 6) is -0.406. The van der Waals surface area contributed by atoms with E-state index < -0.39 is 15.9 Å². The van der Waals surface area contributed by atoms with Crippen LogP contribution in [0.1, 0.15) is 25.9 Å². The molecule has 0 unspecified atom stereocenters. The first-order chi connectivity index (χ1) is 12.2. The van der Waals surface area contributed by atoms with Crippen LogP contribution in [0.2, 0.25) is 0 Å². The SMILES string of the molecule is Cc1ccc(S(=O)(=O)Nc2nc(C)c(C(=O)Nc3nnc(C)s3)s2)cc1. The lowest BCUT2D eigenvalue weighted by Crippen LogP contribution is -2.12. The van der Waals surface area contributed by atoms with Crippen LogP contribution in [0, 0.1) is 20.8 Å². The largest absolute Gasteiger partial charge is 0.296 e. The van der Waals surface area contributed by atoms with Crippen molar-refractivity contribution < 1.29 is 13.2 Å². The topological polar surface area (TPSA) is 114 Å². The van der Waals surface area contributed by atoms with Gasteiger partial charge >= 0.3 is 0 Å². The summed E-state index contributed by atoms with van der Waals surface area (Å²) in [5, 5.41) is 11.5. The minimum absolute atomic E-state index is 0.127. The van der Waals surface area contributed by atoms with Crippen molar-refractivity contribution in [3.05, 3.63) is 45.4 Å². The number of anilines is 2. The van der Waals surface area contributed by atoms with Gasteiger partial charge in [0.15, 0.2) is 5.13 Å². The van der Waals surface area contributed by atoms with E-state index in [9.17, 15) is 13.2 Å². The van der Waals surface area contributed by atoms with Crippen molar-refractivity contribution in [2.24, 2.45) is 0 Å². The Morgan fingerprint density at radius 2 is 1.69 bits per heavy atom. The number of hydrogen-bond acceptors (Lipinski definition) is 8. The van der Waals surface area contributed by atoms with E-state index in [1.165, 1.54) is 23.5 Å². The average molecular weight is 410 g/mol. The third kappa shape index (κ3) is 4.06. The molecule has 0 spiro atoms. The van der Waals surface area contributed by atoms with Gasteiger partial charge in [-0.15, -0.1) is 10.2 Å². The highest BCUT2D eigenvalue weighted by Gasteiger charge is 2.21. The monoisotopic (exact) mass is 409 g/mol. The fourth-order valence-electron chi connectivity index (χ4n) is 2.04. The maximum atomic E-state index is 12.4. The van der Waals surface area contributed by atoms with Gasteiger partial charge < -0.3 is 0 Å². The number of aryl methyl sites for hydroxylation is 3. The summed E-state index contributed by atoms with van der Waals surface area (Å²) in [5.41, 5.74) is 1.38. The van der Waals surface area contributed by atoms with Crippen molar-refractivity contribution in [3.8, 4) is 0 Å². The molecule has 3 aromatic rings. The summed E-state index contributed by atoms with van der Waals surface area (Å²) in [6.45, 7) is 5.29. The Labute approximate surface area is 158 Å². The molecule has 8 nitrogen and oxygen atoms in total. The van der Waals surface area contributed by atoms with E-state index in [1.54, 1.807) is 26.0 Å². The van der Waals surface area contributed by atoms with Gasteiger partial charge in [-0.25, -0.2) is 13.4 Å². The molecule has 0 bridgehead atoms. The van der Waals surface area contributed by atoms with Crippen molar-refractivity contribution in [2.45, 2.75) is 25.7 Å². The second kappa shape index (κ2) is 7.09. The number of rotatable bonds is 5. The molecule has 1 amide bonds. The predicted molar refractivity (Wildman–Crippen MR) is 101 cm³/mol. The summed E-state index contributed by atoms with van der Waals surface area (Å²) in [6, 6.07) is 6.46. The molecule has 26 heavy (non-hydrogen) atoms. The molecule has 3 rings (SSSR count). The minimum atomic E-state index is -3.77. The number of sulfonamides is 1. The number of nitrogens with one attached hydrogen (secondary N) is 2. The highest BCUT2D eigenvalue weighted by molar-refractivity contribution is 7.93. The van der Waals surface area contributed by atoms with Crippen LogP contribution in [-0.4, -0.2) is 29.5 Å². The van der Waals surface area contributed by atoms with Crippen LogP contribution in [0.4, 0.5) is 10.3 Å². The van der Waals surface area contributed by atoms with Gasteiger partial charge in [0.2, 0.25) is 5.13 Å². The molecule has 0 aliphatic rings. The van der Waals surface area contributed by atoms with E-state index in [2.05, 4.69) is 25.2 Å². The van der Waals surface area contributed by atoms with Crippen molar-refractivity contribution in [1.29, 1.82) is 0 Å². The zero-order valence-electron chi connectivity index (χ0n) is 14.1. The van der Waals surface area contributed by atoms with Gasteiger partial charge in [0.1, 0.15) is 9.88 Å². The summed E-state index contributed by atoms with van der Waals surface area (Å²) in [4.78, 5) is 16.9. The smallest absolute Gasteiger partial charge is 0.269 e. The van der Waals surface area contributed by atoms with Gasteiger partial charge in [0.05, 0.1) is 10.6 Å². The van der Waals surface area contributed by atoms with E-state index in [4.69, 9.17) is 0 Å². The summed E-state index contributed by atoms with van der Waals surface area (Å²) in [6.07, 6.45) is 0. The Balaban J connectivity index is 1.79. The molecule has 2 heterocycles. The van der Waals surface area contributed by atoms with E-state index >= 15 is 0 Å². The summed E-state index contributed by atoms with van der Waals surface area (Å²) < 4.78 is 27.3. The molecule has 2 aromatic heterocycles. The number of thiazole rings is 1. The molecule has 11 heteroatoms. The van der Waals surface area contributed by atoms with Gasteiger partial charge in [-0.3, -0.25) is 14.8 Å².